The van der Waals surface area contributed by atoms with Crippen LogP contribution in [0, 0.1) is 0 Å². The zero-order valence-corrected chi connectivity index (χ0v) is 10.0. The molecule has 0 aliphatic carbocycles. The first kappa shape index (κ1) is 12.2. The molecule has 0 spiro atoms. The fourth-order valence-corrected chi connectivity index (χ4v) is 1.79. The van der Waals surface area contributed by atoms with Crippen molar-refractivity contribution in [2.75, 3.05) is 13.7 Å². The Morgan fingerprint density at radius 2 is 2.27 bits per heavy atom. The van der Waals surface area contributed by atoms with Gasteiger partial charge in [0, 0.05) is 19.9 Å². The van der Waals surface area contributed by atoms with Gasteiger partial charge in [-0.05, 0) is 26.5 Å². The van der Waals surface area contributed by atoms with Crippen LogP contribution in [0.2, 0.25) is 0 Å². The van der Waals surface area contributed by atoms with Crippen LogP contribution < -0.4 is 5.32 Å². The highest BCUT2D eigenvalue weighted by Gasteiger charge is 2.22. The SMILES string of the molecule is CCOC(CC)C(NC)c1ccn(C)n1. The largest absolute Gasteiger partial charge is 0.376 e. The standard InChI is InChI=1S/C11H21N3O/c1-5-10(15-6-2)11(12-3)9-7-8-14(4)13-9/h7-8,10-12H,5-6H2,1-4H3. The fraction of sp³-hybridized carbons (Fsp3) is 0.727. The maximum absolute atomic E-state index is 5.70. The van der Waals surface area contributed by atoms with Crippen molar-refractivity contribution < 1.29 is 4.74 Å². The summed E-state index contributed by atoms with van der Waals surface area (Å²) >= 11 is 0. The summed E-state index contributed by atoms with van der Waals surface area (Å²) < 4.78 is 7.51. The van der Waals surface area contributed by atoms with Crippen molar-refractivity contribution in [2.24, 2.45) is 7.05 Å². The minimum absolute atomic E-state index is 0.177. The van der Waals surface area contributed by atoms with Gasteiger partial charge in [0.05, 0.1) is 17.8 Å². The minimum Gasteiger partial charge on any atom is -0.376 e. The third-order valence-corrected chi connectivity index (χ3v) is 2.52. The first-order valence-corrected chi connectivity index (χ1v) is 5.51. The Kier molecular flexibility index (Phi) is 4.78. The predicted octanol–water partition coefficient (Wildman–Crippen LogP) is 1.50. The van der Waals surface area contributed by atoms with Crippen molar-refractivity contribution in [3.63, 3.8) is 0 Å². The van der Waals surface area contributed by atoms with E-state index in [2.05, 4.69) is 17.3 Å². The Morgan fingerprint density at radius 3 is 2.67 bits per heavy atom. The number of rotatable bonds is 6. The van der Waals surface area contributed by atoms with E-state index in [0.717, 1.165) is 18.7 Å². The Hall–Kier alpha value is -0.870. The van der Waals surface area contributed by atoms with E-state index in [-0.39, 0.29) is 12.1 Å². The average Bonchev–Trinajstić information content (AvgIpc) is 2.64. The number of likely N-dealkylation sites (N-methyl/N-ethyl adjacent to an activating group) is 1. The molecule has 4 nitrogen and oxygen atoms in total. The molecule has 0 aliphatic heterocycles. The van der Waals surface area contributed by atoms with Gasteiger partial charge in [-0.1, -0.05) is 6.92 Å². The van der Waals surface area contributed by atoms with Crippen LogP contribution in [0.3, 0.4) is 0 Å². The molecule has 1 N–H and O–H groups in total. The van der Waals surface area contributed by atoms with Gasteiger partial charge in [0.25, 0.3) is 0 Å². The summed E-state index contributed by atoms with van der Waals surface area (Å²) in [5, 5.41) is 7.67. The highest BCUT2D eigenvalue weighted by atomic mass is 16.5. The van der Waals surface area contributed by atoms with Crippen LogP contribution in [-0.2, 0) is 11.8 Å². The van der Waals surface area contributed by atoms with Gasteiger partial charge in [-0.2, -0.15) is 5.10 Å². The van der Waals surface area contributed by atoms with E-state index in [0.29, 0.717) is 0 Å². The molecule has 2 unspecified atom stereocenters. The van der Waals surface area contributed by atoms with Crippen LogP contribution >= 0.6 is 0 Å². The first-order valence-electron chi connectivity index (χ1n) is 5.51. The van der Waals surface area contributed by atoms with Gasteiger partial charge in [-0.15, -0.1) is 0 Å². The highest BCUT2D eigenvalue weighted by Crippen LogP contribution is 2.19. The number of ether oxygens (including phenoxy) is 1. The molecule has 0 saturated heterocycles. The fourth-order valence-electron chi connectivity index (χ4n) is 1.79. The van der Waals surface area contributed by atoms with Crippen LogP contribution in [0.25, 0.3) is 0 Å². The topological polar surface area (TPSA) is 39.1 Å². The molecule has 1 heterocycles. The molecule has 15 heavy (non-hydrogen) atoms. The summed E-state index contributed by atoms with van der Waals surface area (Å²) in [7, 11) is 3.87. The Labute approximate surface area is 91.6 Å². The Balaban J connectivity index is 2.76. The lowest BCUT2D eigenvalue weighted by Crippen LogP contribution is -2.31. The van der Waals surface area contributed by atoms with E-state index in [1.165, 1.54) is 0 Å². The van der Waals surface area contributed by atoms with E-state index in [1.54, 1.807) is 0 Å². The molecule has 0 aliphatic rings. The van der Waals surface area contributed by atoms with Gasteiger partial charge >= 0.3 is 0 Å². The monoisotopic (exact) mass is 211 g/mol. The zero-order chi connectivity index (χ0) is 11.3. The second kappa shape index (κ2) is 5.88. The molecule has 1 aromatic heterocycles. The lowest BCUT2D eigenvalue weighted by Gasteiger charge is -2.24. The molecule has 0 amide bonds. The van der Waals surface area contributed by atoms with Crippen molar-refractivity contribution in [1.29, 1.82) is 0 Å². The van der Waals surface area contributed by atoms with Crippen molar-refractivity contribution in [1.82, 2.24) is 15.1 Å². The number of hydrogen-bond acceptors (Lipinski definition) is 3. The van der Waals surface area contributed by atoms with Crippen LogP contribution in [0.1, 0.15) is 32.0 Å². The molecule has 86 valence electrons. The van der Waals surface area contributed by atoms with E-state index in [4.69, 9.17) is 4.74 Å². The van der Waals surface area contributed by atoms with Crippen LogP contribution in [0.4, 0.5) is 0 Å². The van der Waals surface area contributed by atoms with Crippen LogP contribution in [0.5, 0.6) is 0 Å². The Morgan fingerprint density at radius 1 is 1.53 bits per heavy atom. The van der Waals surface area contributed by atoms with Gasteiger partial charge in [0.2, 0.25) is 0 Å². The first-order chi connectivity index (χ1) is 7.22. The molecule has 0 fully saturated rings. The summed E-state index contributed by atoms with van der Waals surface area (Å²) in [6.07, 6.45) is 3.13. The second-order valence-electron chi connectivity index (χ2n) is 3.58. The average molecular weight is 211 g/mol. The molecule has 0 aromatic carbocycles. The number of hydrogen-bond donors (Lipinski definition) is 1. The molecule has 0 saturated carbocycles. The minimum atomic E-state index is 0.177. The molecule has 1 aromatic rings. The third-order valence-electron chi connectivity index (χ3n) is 2.52. The van der Waals surface area contributed by atoms with E-state index in [9.17, 15) is 0 Å². The lowest BCUT2D eigenvalue weighted by molar-refractivity contribution is 0.0322. The number of aryl methyl sites for hydroxylation is 1. The number of nitrogens with one attached hydrogen (secondary N) is 1. The normalized spacial score (nSPS) is 15.2. The highest BCUT2D eigenvalue weighted by molar-refractivity contribution is 5.07. The summed E-state index contributed by atoms with van der Waals surface area (Å²) in [4.78, 5) is 0. The molecule has 0 radical (unpaired) electrons. The molecule has 2 atom stereocenters. The maximum Gasteiger partial charge on any atom is 0.0820 e. The molecular formula is C11H21N3O. The van der Waals surface area contributed by atoms with Crippen LogP contribution in [-0.4, -0.2) is 29.5 Å². The van der Waals surface area contributed by atoms with Crippen molar-refractivity contribution in [3.8, 4) is 0 Å². The lowest BCUT2D eigenvalue weighted by atomic mass is 10.1. The maximum atomic E-state index is 5.70. The summed E-state index contributed by atoms with van der Waals surface area (Å²) in [5.74, 6) is 0. The smallest absolute Gasteiger partial charge is 0.0820 e. The molecule has 4 heteroatoms. The number of aromatic nitrogens is 2. The summed E-state index contributed by atoms with van der Waals surface area (Å²) in [6.45, 7) is 4.89. The van der Waals surface area contributed by atoms with Crippen molar-refractivity contribution in [3.05, 3.63) is 18.0 Å². The van der Waals surface area contributed by atoms with Crippen LogP contribution in [0.15, 0.2) is 12.3 Å². The van der Waals surface area contributed by atoms with Crippen molar-refractivity contribution in [2.45, 2.75) is 32.4 Å². The van der Waals surface area contributed by atoms with E-state index >= 15 is 0 Å². The van der Waals surface area contributed by atoms with E-state index in [1.807, 2.05) is 38.0 Å². The second-order valence-corrected chi connectivity index (χ2v) is 3.58. The van der Waals surface area contributed by atoms with Gasteiger partial charge in [-0.25, -0.2) is 0 Å². The molecular weight excluding hydrogens is 190 g/mol. The number of nitrogens with zero attached hydrogens (tertiary/aromatic N) is 2. The van der Waals surface area contributed by atoms with Gasteiger partial charge < -0.3 is 10.1 Å². The van der Waals surface area contributed by atoms with E-state index < -0.39 is 0 Å². The Bertz CT molecular complexity index is 285. The summed E-state index contributed by atoms with van der Waals surface area (Å²) in [6, 6.07) is 2.21. The zero-order valence-electron chi connectivity index (χ0n) is 10.0. The van der Waals surface area contributed by atoms with Gasteiger partial charge in [0.15, 0.2) is 0 Å². The quantitative estimate of drug-likeness (QED) is 0.775. The van der Waals surface area contributed by atoms with Crippen molar-refractivity contribution >= 4 is 0 Å². The predicted molar refractivity (Wildman–Crippen MR) is 60.7 cm³/mol. The van der Waals surface area contributed by atoms with Gasteiger partial charge in [0.1, 0.15) is 0 Å². The third kappa shape index (κ3) is 3.04. The molecule has 0 bridgehead atoms. The summed E-state index contributed by atoms with van der Waals surface area (Å²) in [5.41, 5.74) is 1.04. The van der Waals surface area contributed by atoms with Gasteiger partial charge in [-0.3, -0.25) is 4.68 Å². The molecule has 1 rings (SSSR count).